The molecule has 0 aromatic heterocycles. The highest BCUT2D eigenvalue weighted by atomic mass is 16.2. The number of hydrogen-bond donors (Lipinski definition) is 1. The van der Waals surface area contributed by atoms with Gasteiger partial charge >= 0.3 is 6.03 Å². The minimum atomic E-state index is 0.167. The molecule has 110 valence electrons. The van der Waals surface area contributed by atoms with Crippen LogP contribution >= 0.6 is 0 Å². The van der Waals surface area contributed by atoms with Crippen molar-refractivity contribution in [2.24, 2.45) is 5.92 Å². The van der Waals surface area contributed by atoms with Crippen LogP contribution in [0.3, 0.4) is 0 Å². The first kappa shape index (κ1) is 14.6. The highest BCUT2D eigenvalue weighted by Crippen LogP contribution is 2.16. The van der Waals surface area contributed by atoms with Crippen LogP contribution in [-0.4, -0.2) is 54.6 Å². The quantitative estimate of drug-likeness (QED) is 0.851. The van der Waals surface area contributed by atoms with Crippen molar-refractivity contribution in [2.45, 2.75) is 52.0 Å². The molecule has 2 fully saturated rings. The minimum Gasteiger partial charge on any atom is -0.335 e. The van der Waals surface area contributed by atoms with Crippen molar-refractivity contribution in [1.82, 2.24) is 15.1 Å². The van der Waals surface area contributed by atoms with E-state index in [-0.39, 0.29) is 6.03 Å². The van der Waals surface area contributed by atoms with Crippen LogP contribution in [-0.2, 0) is 0 Å². The maximum atomic E-state index is 12.2. The second-order valence-electron chi connectivity index (χ2n) is 6.26. The van der Waals surface area contributed by atoms with Gasteiger partial charge in [0.1, 0.15) is 0 Å². The molecule has 0 bridgehead atoms. The molecule has 4 heteroatoms. The summed E-state index contributed by atoms with van der Waals surface area (Å²) >= 11 is 0. The lowest BCUT2D eigenvalue weighted by atomic mass is 10.0. The Bertz CT molecular complexity index is 287. The number of likely N-dealkylation sites (tertiary alicyclic amines) is 2. The van der Waals surface area contributed by atoms with Gasteiger partial charge in [-0.25, -0.2) is 4.79 Å². The number of hydrogen-bond acceptors (Lipinski definition) is 2. The standard InChI is InChI=1S/C15H29N3O/c1-3-8-17-10-6-14(7-11-17)16-15(19)18-9-4-5-13(2)12-18/h13-14H,3-12H2,1-2H3,(H,16,19). The molecular formula is C15H29N3O. The number of carbonyl (C=O) groups is 1. The van der Waals surface area contributed by atoms with E-state index in [0.717, 1.165) is 45.4 Å². The Labute approximate surface area is 117 Å². The first-order chi connectivity index (χ1) is 9.19. The van der Waals surface area contributed by atoms with Gasteiger partial charge in [0.15, 0.2) is 0 Å². The van der Waals surface area contributed by atoms with E-state index >= 15 is 0 Å². The zero-order valence-corrected chi connectivity index (χ0v) is 12.5. The number of nitrogens with one attached hydrogen (secondary N) is 1. The minimum absolute atomic E-state index is 0.167. The maximum Gasteiger partial charge on any atom is 0.317 e. The maximum absolute atomic E-state index is 12.2. The van der Waals surface area contributed by atoms with E-state index in [1.807, 2.05) is 4.90 Å². The summed E-state index contributed by atoms with van der Waals surface area (Å²) in [5.41, 5.74) is 0. The molecular weight excluding hydrogens is 238 g/mol. The lowest BCUT2D eigenvalue weighted by Crippen LogP contribution is -2.51. The van der Waals surface area contributed by atoms with Gasteiger partial charge in [0.05, 0.1) is 0 Å². The van der Waals surface area contributed by atoms with Crippen molar-refractivity contribution in [3.05, 3.63) is 0 Å². The smallest absolute Gasteiger partial charge is 0.317 e. The average molecular weight is 267 g/mol. The second kappa shape index (κ2) is 7.13. The zero-order valence-electron chi connectivity index (χ0n) is 12.5. The fourth-order valence-electron chi connectivity index (χ4n) is 3.26. The molecule has 2 aliphatic rings. The average Bonchev–Trinajstić information content (AvgIpc) is 2.41. The fourth-order valence-corrected chi connectivity index (χ4v) is 3.26. The van der Waals surface area contributed by atoms with Gasteiger partial charge in [-0.3, -0.25) is 0 Å². The van der Waals surface area contributed by atoms with Crippen LogP contribution in [0.1, 0.15) is 46.0 Å². The van der Waals surface area contributed by atoms with Gasteiger partial charge in [0, 0.05) is 32.2 Å². The predicted molar refractivity (Wildman–Crippen MR) is 78.3 cm³/mol. The summed E-state index contributed by atoms with van der Waals surface area (Å²) in [6.45, 7) is 9.80. The Morgan fingerprint density at radius 1 is 1.21 bits per heavy atom. The Morgan fingerprint density at radius 3 is 2.58 bits per heavy atom. The summed E-state index contributed by atoms with van der Waals surface area (Å²) < 4.78 is 0. The van der Waals surface area contributed by atoms with Crippen LogP contribution < -0.4 is 5.32 Å². The van der Waals surface area contributed by atoms with Gasteiger partial charge < -0.3 is 15.1 Å². The monoisotopic (exact) mass is 267 g/mol. The highest BCUT2D eigenvalue weighted by Gasteiger charge is 2.25. The normalized spacial score (nSPS) is 26.4. The van der Waals surface area contributed by atoms with Crippen LogP contribution in [0.2, 0.25) is 0 Å². The highest BCUT2D eigenvalue weighted by molar-refractivity contribution is 5.74. The lowest BCUT2D eigenvalue weighted by Gasteiger charge is -2.35. The fraction of sp³-hybridized carbons (Fsp3) is 0.933. The molecule has 1 N–H and O–H groups in total. The van der Waals surface area contributed by atoms with Crippen molar-refractivity contribution in [2.75, 3.05) is 32.7 Å². The first-order valence-electron chi connectivity index (χ1n) is 7.96. The van der Waals surface area contributed by atoms with Crippen molar-refractivity contribution < 1.29 is 4.79 Å². The second-order valence-corrected chi connectivity index (χ2v) is 6.26. The Morgan fingerprint density at radius 2 is 1.95 bits per heavy atom. The Balaban J connectivity index is 1.71. The van der Waals surface area contributed by atoms with Gasteiger partial charge in [0.25, 0.3) is 0 Å². The van der Waals surface area contributed by atoms with Crippen molar-refractivity contribution in [1.29, 1.82) is 0 Å². The Hall–Kier alpha value is -0.770. The molecule has 0 aromatic carbocycles. The van der Waals surface area contributed by atoms with E-state index in [1.54, 1.807) is 0 Å². The summed E-state index contributed by atoms with van der Waals surface area (Å²) in [5.74, 6) is 0.658. The van der Waals surface area contributed by atoms with Crippen LogP contribution in [0, 0.1) is 5.92 Å². The van der Waals surface area contributed by atoms with E-state index in [2.05, 4.69) is 24.1 Å². The van der Waals surface area contributed by atoms with Crippen LogP contribution in [0.4, 0.5) is 4.79 Å². The van der Waals surface area contributed by atoms with E-state index < -0.39 is 0 Å². The number of carbonyl (C=O) groups excluding carboxylic acids is 1. The molecule has 2 heterocycles. The van der Waals surface area contributed by atoms with Crippen molar-refractivity contribution in [3.8, 4) is 0 Å². The van der Waals surface area contributed by atoms with Gasteiger partial charge in [-0.05, 0) is 44.6 Å². The number of nitrogens with zero attached hydrogens (tertiary/aromatic N) is 2. The third kappa shape index (κ3) is 4.37. The molecule has 1 unspecified atom stereocenters. The van der Waals surface area contributed by atoms with Crippen molar-refractivity contribution in [3.63, 3.8) is 0 Å². The van der Waals surface area contributed by atoms with E-state index in [0.29, 0.717) is 12.0 Å². The number of amides is 2. The first-order valence-corrected chi connectivity index (χ1v) is 7.96. The topological polar surface area (TPSA) is 35.6 Å². The zero-order chi connectivity index (χ0) is 13.7. The molecule has 1 atom stereocenters. The summed E-state index contributed by atoms with van der Waals surface area (Å²) in [6, 6.07) is 0.554. The SMILES string of the molecule is CCCN1CCC(NC(=O)N2CCCC(C)C2)CC1. The molecule has 2 rings (SSSR count). The molecule has 2 aliphatic heterocycles. The molecule has 0 saturated carbocycles. The number of piperidine rings is 2. The summed E-state index contributed by atoms with van der Waals surface area (Å²) in [4.78, 5) is 16.7. The molecule has 19 heavy (non-hydrogen) atoms. The van der Waals surface area contributed by atoms with E-state index in [1.165, 1.54) is 19.4 Å². The Kier molecular flexibility index (Phi) is 5.49. The molecule has 0 aromatic rings. The predicted octanol–water partition coefficient (Wildman–Crippen LogP) is 2.30. The summed E-state index contributed by atoms with van der Waals surface area (Å²) in [6.07, 6.45) is 5.86. The summed E-state index contributed by atoms with van der Waals surface area (Å²) in [5, 5.41) is 3.23. The van der Waals surface area contributed by atoms with Gasteiger partial charge in [-0.1, -0.05) is 13.8 Å². The molecule has 2 amide bonds. The number of rotatable bonds is 3. The van der Waals surface area contributed by atoms with Crippen molar-refractivity contribution >= 4 is 6.03 Å². The molecule has 2 saturated heterocycles. The van der Waals surface area contributed by atoms with Crippen LogP contribution in [0.5, 0.6) is 0 Å². The summed E-state index contributed by atoms with van der Waals surface area (Å²) in [7, 11) is 0. The van der Waals surface area contributed by atoms with Gasteiger partial charge in [-0.2, -0.15) is 0 Å². The largest absolute Gasteiger partial charge is 0.335 e. The van der Waals surface area contributed by atoms with Gasteiger partial charge in [0.2, 0.25) is 0 Å². The molecule has 0 aliphatic carbocycles. The van der Waals surface area contributed by atoms with E-state index in [9.17, 15) is 4.79 Å². The number of urea groups is 1. The lowest BCUT2D eigenvalue weighted by molar-refractivity contribution is 0.154. The third-order valence-electron chi connectivity index (χ3n) is 4.40. The molecule has 4 nitrogen and oxygen atoms in total. The van der Waals surface area contributed by atoms with Crippen LogP contribution in [0.15, 0.2) is 0 Å². The molecule has 0 radical (unpaired) electrons. The van der Waals surface area contributed by atoms with Crippen LogP contribution in [0.25, 0.3) is 0 Å². The van der Waals surface area contributed by atoms with E-state index in [4.69, 9.17) is 0 Å². The molecule has 0 spiro atoms. The third-order valence-corrected chi connectivity index (χ3v) is 4.40. The van der Waals surface area contributed by atoms with Gasteiger partial charge in [-0.15, -0.1) is 0 Å².